The van der Waals surface area contributed by atoms with Crippen molar-refractivity contribution < 1.29 is 13.3 Å². The maximum Gasteiger partial charge on any atom is 0.143 e. The van der Waals surface area contributed by atoms with E-state index in [-0.39, 0.29) is 0 Å². The smallest absolute Gasteiger partial charge is 0.143 e. The second-order valence-electron chi connectivity index (χ2n) is 20.9. The van der Waals surface area contributed by atoms with Crippen molar-refractivity contribution in [3.05, 3.63) is 267 Å². The standard InChI is InChI=1S/C76H44O3/c1-3-17-45(18-4-1)47-33-37-66-62(41-47)64-43-49(35-39-68(64)77-66)71-51-21-7-11-25-55(51)73(56-26-12-8-22-52(56)71)59-29-16-32-70-75(59)61-31-15-30-60(76(61)79-70)74-57-27-13-9-23-53(57)72(54-24-10-14-28-58(54)74)50-36-40-69-65(44-50)63-42-48(34-38-67(63)78-69)46-19-5-2-6-20-46/h1-44H. The van der Waals surface area contributed by atoms with Gasteiger partial charge in [0.2, 0.25) is 0 Å². The molecule has 3 heteroatoms. The van der Waals surface area contributed by atoms with Crippen molar-refractivity contribution in [1.82, 2.24) is 0 Å². The van der Waals surface area contributed by atoms with Crippen molar-refractivity contribution in [2.45, 2.75) is 0 Å². The lowest BCUT2D eigenvalue weighted by atomic mass is 9.84. The number of furan rings is 3. The number of fused-ring (bicyclic) bond motifs is 13. The molecule has 0 aliphatic heterocycles. The first-order chi connectivity index (χ1) is 39.2. The van der Waals surface area contributed by atoms with Gasteiger partial charge in [-0.05, 0) is 153 Å². The molecule has 17 rings (SSSR count). The summed E-state index contributed by atoms with van der Waals surface area (Å²) in [6.07, 6.45) is 0. The highest BCUT2D eigenvalue weighted by Crippen LogP contribution is 2.51. The van der Waals surface area contributed by atoms with Crippen LogP contribution in [0.15, 0.2) is 280 Å². The normalized spacial score (nSPS) is 12.1. The van der Waals surface area contributed by atoms with Crippen molar-refractivity contribution in [2.24, 2.45) is 0 Å². The van der Waals surface area contributed by atoms with Crippen molar-refractivity contribution in [3.63, 3.8) is 0 Å². The van der Waals surface area contributed by atoms with Gasteiger partial charge in [-0.2, -0.15) is 0 Å². The third kappa shape index (κ3) is 6.60. The Bertz CT molecular complexity index is 5250. The number of hydrogen-bond acceptors (Lipinski definition) is 3. The molecule has 0 unspecified atom stereocenters. The van der Waals surface area contributed by atoms with Gasteiger partial charge in [-0.15, -0.1) is 0 Å². The molecular weight excluding hydrogens is 961 g/mol. The average molecular weight is 1010 g/mol. The summed E-state index contributed by atoms with van der Waals surface area (Å²) in [5.74, 6) is 0. The topological polar surface area (TPSA) is 39.4 Å². The maximum absolute atomic E-state index is 7.24. The fourth-order valence-corrected chi connectivity index (χ4v) is 13.2. The first kappa shape index (κ1) is 43.7. The Labute approximate surface area is 453 Å². The van der Waals surface area contributed by atoms with E-state index in [4.69, 9.17) is 13.3 Å². The first-order valence-corrected chi connectivity index (χ1v) is 27.0. The summed E-state index contributed by atoms with van der Waals surface area (Å²) >= 11 is 0. The minimum atomic E-state index is 0.852. The molecule has 0 saturated heterocycles. The zero-order valence-electron chi connectivity index (χ0n) is 42.6. The summed E-state index contributed by atoms with van der Waals surface area (Å²) < 4.78 is 20.2. The molecule has 3 nitrogen and oxygen atoms in total. The molecule has 0 aliphatic carbocycles. The Kier molecular flexibility index (Phi) is 9.42. The molecule has 0 fully saturated rings. The van der Waals surface area contributed by atoms with Gasteiger partial charge in [-0.1, -0.05) is 212 Å². The Morgan fingerprint density at radius 3 is 0.937 bits per heavy atom. The Hall–Kier alpha value is -10.5. The molecule has 366 valence electrons. The number of para-hydroxylation sites is 1. The van der Waals surface area contributed by atoms with Crippen LogP contribution in [0.5, 0.6) is 0 Å². The predicted octanol–water partition coefficient (Wildman–Crippen LogP) is 22.0. The SMILES string of the molecule is c1ccc(-c2ccc3oc4ccc(-c5c6ccccc6c(-c6cccc7c6oc6cccc(-c8c9ccccc9c(-c9ccc%10oc%11ccc(-c%12ccccc%12)cc%11c%10c9)c9ccccc89)c67)c6ccccc56)cc4c3c2)cc1. The lowest BCUT2D eigenvalue weighted by Crippen LogP contribution is -1.91. The molecule has 3 heterocycles. The molecule has 0 radical (unpaired) electrons. The molecule has 17 aromatic rings. The van der Waals surface area contributed by atoms with Crippen molar-refractivity contribution in [2.75, 3.05) is 0 Å². The van der Waals surface area contributed by atoms with Gasteiger partial charge >= 0.3 is 0 Å². The fraction of sp³-hybridized carbons (Fsp3) is 0. The average Bonchev–Trinajstić information content (AvgIpc) is 4.43. The summed E-state index contributed by atoms with van der Waals surface area (Å²) in [5, 5.41) is 16.0. The van der Waals surface area contributed by atoms with Crippen LogP contribution in [-0.4, -0.2) is 0 Å². The molecule has 14 aromatic carbocycles. The minimum absolute atomic E-state index is 0.852. The lowest BCUT2D eigenvalue weighted by Gasteiger charge is -2.18. The van der Waals surface area contributed by atoms with Crippen LogP contribution in [0.4, 0.5) is 0 Å². The number of benzene rings is 14. The van der Waals surface area contributed by atoms with Crippen LogP contribution in [0, 0.1) is 0 Å². The van der Waals surface area contributed by atoms with Gasteiger partial charge < -0.3 is 13.3 Å². The molecule has 0 N–H and O–H groups in total. The summed E-state index contributed by atoms with van der Waals surface area (Å²) in [4.78, 5) is 0. The van der Waals surface area contributed by atoms with E-state index in [0.717, 1.165) is 93.6 Å². The Morgan fingerprint density at radius 2 is 0.506 bits per heavy atom. The first-order valence-electron chi connectivity index (χ1n) is 27.0. The third-order valence-corrected chi connectivity index (χ3v) is 16.7. The molecule has 0 saturated carbocycles. The Balaban J connectivity index is 0.855. The summed E-state index contributed by atoms with van der Waals surface area (Å²) in [6.45, 7) is 0. The van der Waals surface area contributed by atoms with Crippen LogP contribution in [0.3, 0.4) is 0 Å². The minimum Gasteiger partial charge on any atom is -0.456 e. The summed E-state index contributed by atoms with van der Waals surface area (Å²) in [5.41, 5.74) is 19.2. The van der Waals surface area contributed by atoms with E-state index in [2.05, 4.69) is 267 Å². The number of hydrogen-bond donors (Lipinski definition) is 0. The molecule has 0 spiro atoms. The van der Waals surface area contributed by atoms with Crippen LogP contribution in [0.2, 0.25) is 0 Å². The highest BCUT2D eigenvalue weighted by molar-refractivity contribution is 6.29. The zero-order chi connectivity index (χ0) is 51.7. The molecule has 0 amide bonds. The van der Waals surface area contributed by atoms with Gasteiger partial charge in [0.25, 0.3) is 0 Å². The number of rotatable bonds is 6. The van der Waals surface area contributed by atoms with Gasteiger partial charge in [0.1, 0.15) is 33.5 Å². The van der Waals surface area contributed by atoms with E-state index in [9.17, 15) is 0 Å². The van der Waals surface area contributed by atoms with Gasteiger partial charge in [0, 0.05) is 43.4 Å². The molecular formula is C76H44O3. The highest BCUT2D eigenvalue weighted by atomic mass is 16.3. The largest absolute Gasteiger partial charge is 0.456 e. The molecule has 0 aliphatic rings. The van der Waals surface area contributed by atoms with Crippen LogP contribution in [0.25, 0.3) is 176 Å². The van der Waals surface area contributed by atoms with Gasteiger partial charge in [0.05, 0.1) is 0 Å². The predicted molar refractivity (Wildman–Crippen MR) is 331 cm³/mol. The second-order valence-corrected chi connectivity index (χ2v) is 20.9. The van der Waals surface area contributed by atoms with Crippen molar-refractivity contribution in [1.29, 1.82) is 0 Å². The second kappa shape index (κ2) is 17.0. The summed E-state index contributed by atoms with van der Waals surface area (Å²) in [6, 6.07) is 96.4. The zero-order valence-corrected chi connectivity index (χ0v) is 42.6. The monoisotopic (exact) mass is 1000 g/mol. The molecule has 0 bridgehead atoms. The van der Waals surface area contributed by atoms with Crippen molar-refractivity contribution >= 4 is 109 Å². The van der Waals surface area contributed by atoms with Crippen LogP contribution < -0.4 is 0 Å². The van der Waals surface area contributed by atoms with Gasteiger partial charge in [-0.25, -0.2) is 0 Å². The van der Waals surface area contributed by atoms with Crippen LogP contribution in [0.1, 0.15) is 0 Å². The third-order valence-electron chi connectivity index (χ3n) is 16.7. The van der Waals surface area contributed by atoms with Crippen LogP contribution in [-0.2, 0) is 0 Å². The van der Waals surface area contributed by atoms with Gasteiger partial charge in [0.15, 0.2) is 0 Å². The van der Waals surface area contributed by atoms with E-state index in [0.29, 0.717) is 0 Å². The Morgan fingerprint density at radius 1 is 0.177 bits per heavy atom. The molecule has 79 heavy (non-hydrogen) atoms. The summed E-state index contributed by atoms with van der Waals surface area (Å²) in [7, 11) is 0. The molecule has 3 aromatic heterocycles. The van der Waals surface area contributed by atoms with Crippen LogP contribution >= 0.6 is 0 Å². The van der Waals surface area contributed by atoms with E-state index < -0.39 is 0 Å². The van der Waals surface area contributed by atoms with E-state index >= 15 is 0 Å². The highest BCUT2D eigenvalue weighted by Gasteiger charge is 2.25. The molecule has 0 atom stereocenters. The lowest BCUT2D eigenvalue weighted by molar-refractivity contribution is 0.668. The fourth-order valence-electron chi connectivity index (χ4n) is 13.2. The van der Waals surface area contributed by atoms with E-state index in [1.165, 1.54) is 82.0 Å². The van der Waals surface area contributed by atoms with E-state index in [1.807, 2.05) is 0 Å². The maximum atomic E-state index is 7.24. The van der Waals surface area contributed by atoms with Gasteiger partial charge in [-0.3, -0.25) is 0 Å². The quantitative estimate of drug-likeness (QED) is 0.156. The van der Waals surface area contributed by atoms with Crippen molar-refractivity contribution in [3.8, 4) is 66.8 Å². The van der Waals surface area contributed by atoms with E-state index in [1.54, 1.807) is 0 Å².